The topological polar surface area (TPSA) is 24.5 Å². The van der Waals surface area contributed by atoms with E-state index >= 15 is 0 Å². The van der Waals surface area contributed by atoms with Crippen LogP contribution in [0.2, 0.25) is 0 Å². The van der Waals surface area contributed by atoms with Crippen LogP contribution in [0, 0.1) is 0 Å². The fourth-order valence-electron chi connectivity index (χ4n) is 2.74. The molecule has 0 aromatic heterocycles. The van der Waals surface area contributed by atoms with Crippen molar-refractivity contribution in [3.63, 3.8) is 0 Å². The van der Waals surface area contributed by atoms with E-state index in [1.54, 1.807) is 7.11 Å². The van der Waals surface area contributed by atoms with Gasteiger partial charge < -0.3 is 10.1 Å². The van der Waals surface area contributed by atoms with E-state index < -0.39 is 0 Å². The molecule has 0 spiro atoms. The maximum atomic E-state index is 5.26. The van der Waals surface area contributed by atoms with Crippen molar-refractivity contribution < 1.29 is 4.74 Å². The highest BCUT2D eigenvalue weighted by atomic mass is 16.5. The standard InChI is InChI=1S/C15H24N2O/c1-12-10-17(11-13(2)16-12)8-7-14-5-4-6-15(9-14)18-3/h4-6,9,12-13,16H,7-8,10-11H2,1-3H3. The van der Waals surface area contributed by atoms with Crippen LogP contribution in [0.3, 0.4) is 0 Å². The van der Waals surface area contributed by atoms with Gasteiger partial charge in [0.15, 0.2) is 0 Å². The van der Waals surface area contributed by atoms with Crippen LogP contribution >= 0.6 is 0 Å². The van der Waals surface area contributed by atoms with Gasteiger partial charge in [0.05, 0.1) is 7.11 Å². The van der Waals surface area contributed by atoms with Gasteiger partial charge in [-0.15, -0.1) is 0 Å². The lowest BCUT2D eigenvalue weighted by atomic mass is 10.1. The van der Waals surface area contributed by atoms with Gasteiger partial charge in [0.25, 0.3) is 0 Å². The van der Waals surface area contributed by atoms with E-state index in [-0.39, 0.29) is 0 Å². The lowest BCUT2D eigenvalue weighted by molar-refractivity contribution is 0.175. The summed E-state index contributed by atoms with van der Waals surface area (Å²) >= 11 is 0. The average molecular weight is 248 g/mol. The Hall–Kier alpha value is -1.06. The highest BCUT2D eigenvalue weighted by molar-refractivity contribution is 5.28. The van der Waals surface area contributed by atoms with Gasteiger partial charge in [-0.05, 0) is 38.0 Å². The Morgan fingerprint density at radius 3 is 2.67 bits per heavy atom. The largest absolute Gasteiger partial charge is 0.497 e. The molecule has 1 aliphatic rings. The van der Waals surface area contributed by atoms with Crippen molar-refractivity contribution in [1.29, 1.82) is 0 Å². The van der Waals surface area contributed by atoms with Crippen LogP contribution in [0.5, 0.6) is 5.75 Å². The summed E-state index contributed by atoms with van der Waals surface area (Å²) in [5.74, 6) is 0.953. The second-order valence-electron chi connectivity index (χ2n) is 5.33. The van der Waals surface area contributed by atoms with Crippen molar-refractivity contribution in [2.45, 2.75) is 32.4 Å². The van der Waals surface area contributed by atoms with Gasteiger partial charge in [0.2, 0.25) is 0 Å². The molecule has 3 nitrogen and oxygen atoms in total. The molecule has 18 heavy (non-hydrogen) atoms. The van der Waals surface area contributed by atoms with Crippen molar-refractivity contribution in [3.05, 3.63) is 29.8 Å². The van der Waals surface area contributed by atoms with Crippen LogP contribution in [-0.4, -0.2) is 43.7 Å². The zero-order valence-corrected chi connectivity index (χ0v) is 11.6. The number of piperazine rings is 1. The Kier molecular flexibility index (Phi) is 4.61. The Balaban J connectivity index is 1.86. The lowest BCUT2D eigenvalue weighted by Gasteiger charge is -2.36. The molecule has 0 bridgehead atoms. The molecule has 1 saturated heterocycles. The fraction of sp³-hybridized carbons (Fsp3) is 0.600. The summed E-state index contributed by atoms with van der Waals surface area (Å²) < 4.78 is 5.26. The predicted molar refractivity (Wildman–Crippen MR) is 75.2 cm³/mol. The Morgan fingerprint density at radius 1 is 1.28 bits per heavy atom. The number of hydrogen-bond donors (Lipinski definition) is 1. The van der Waals surface area contributed by atoms with Gasteiger partial charge in [0.1, 0.15) is 5.75 Å². The summed E-state index contributed by atoms with van der Waals surface area (Å²) in [5.41, 5.74) is 1.35. The van der Waals surface area contributed by atoms with Crippen LogP contribution in [0.25, 0.3) is 0 Å². The zero-order valence-electron chi connectivity index (χ0n) is 11.6. The van der Waals surface area contributed by atoms with Gasteiger partial charge in [-0.1, -0.05) is 12.1 Å². The maximum absolute atomic E-state index is 5.26. The number of methoxy groups -OCH3 is 1. The number of hydrogen-bond acceptors (Lipinski definition) is 3. The molecule has 1 fully saturated rings. The summed E-state index contributed by atoms with van der Waals surface area (Å²) in [6, 6.07) is 9.57. The summed E-state index contributed by atoms with van der Waals surface area (Å²) in [5, 5.41) is 3.56. The first kappa shape index (κ1) is 13.4. The average Bonchev–Trinajstić information content (AvgIpc) is 2.35. The highest BCUT2D eigenvalue weighted by Crippen LogP contribution is 2.14. The second kappa shape index (κ2) is 6.21. The van der Waals surface area contributed by atoms with Crippen LogP contribution in [0.1, 0.15) is 19.4 Å². The predicted octanol–water partition coefficient (Wildman–Crippen LogP) is 1.92. The molecule has 1 aromatic rings. The van der Waals surface area contributed by atoms with E-state index in [2.05, 4.69) is 42.3 Å². The maximum Gasteiger partial charge on any atom is 0.119 e. The van der Waals surface area contributed by atoms with Crippen molar-refractivity contribution in [1.82, 2.24) is 10.2 Å². The van der Waals surface area contributed by atoms with Gasteiger partial charge in [-0.25, -0.2) is 0 Å². The van der Waals surface area contributed by atoms with Crippen LogP contribution < -0.4 is 10.1 Å². The summed E-state index contributed by atoms with van der Waals surface area (Å²) in [7, 11) is 1.72. The number of nitrogens with zero attached hydrogens (tertiary/aromatic N) is 1. The minimum absolute atomic E-state index is 0.596. The molecule has 1 aliphatic heterocycles. The number of nitrogens with one attached hydrogen (secondary N) is 1. The molecule has 2 atom stereocenters. The summed E-state index contributed by atoms with van der Waals surface area (Å²) in [6.07, 6.45) is 1.09. The van der Waals surface area contributed by atoms with Gasteiger partial charge in [0, 0.05) is 31.7 Å². The first-order chi connectivity index (χ1) is 8.67. The molecule has 1 heterocycles. The van der Waals surface area contributed by atoms with Crippen molar-refractivity contribution in [2.24, 2.45) is 0 Å². The van der Waals surface area contributed by atoms with Gasteiger partial charge >= 0.3 is 0 Å². The molecular formula is C15H24N2O. The van der Waals surface area contributed by atoms with E-state index in [1.165, 1.54) is 5.56 Å². The summed E-state index contributed by atoms with van der Waals surface area (Å²) in [4.78, 5) is 2.55. The number of benzene rings is 1. The van der Waals surface area contributed by atoms with Crippen molar-refractivity contribution in [3.8, 4) is 5.75 Å². The third-order valence-corrected chi connectivity index (χ3v) is 3.48. The molecule has 0 aliphatic carbocycles. The van der Waals surface area contributed by atoms with E-state index in [0.29, 0.717) is 12.1 Å². The normalized spacial score (nSPS) is 25.1. The summed E-state index contributed by atoms with van der Waals surface area (Å²) in [6.45, 7) is 7.94. The van der Waals surface area contributed by atoms with Gasteiger partial charge in [-0.3, -0.25) is 4.90 Å². The zero-order chi connectivity index (χ0) is 13.0. The molecule has 0 amide bonds. The quantitative estimate of drug-likeness (QED) is 0.881. The SMILES string of the molecule is COc1cccc(CCN2CC(C)NC(C)C2)c1. The van der Waals surface area contributed by atoms with Crippen LogP contribution in [0.15, 0.2) is 24.3 Å². The molecular weight excluding hydrogens is 224 g/mol. The van der Waals surface area contributed by atoms with Crippen LogP contribution in [-0.2, 0) is 6.42 Å². The first-order valence-electron chi connectivity index (χ1n) is 6.78. The number of rotatable bonds is 4. The Morgan fingerprint density at radius 2 is 2.00 bits per heavy atom. The third kappa shape index (κ3) is 3.72. The molecule has 1 N–H and O–H groups in total. The minimum atomic E-state index is 0.596. The second-order valence-corrected chi connectivity index (χ2v) is 5.33. The lowest BCUT2D eigenvalue weighted by Crippen LogP contribution is -2.54. The van der Waals surface area contributed by atoms with E-state index in [1.807, 2.05) is 6.07 Å². The van der Waals surface area contributed by atoms with E-state index in [4.69, 9.17) is 4.74 Å². The molecule has 0 radical (unpaired) electrons. The van der Waals surface area contributed by atoms with E-state index in [9.17, 15) is 0 Å². The van der Waals surface area contributed by atoms with Gasteiger partial charge in [-0.2, -0.15) is 0 Å². The van der Waals surface area contributed by atoms with Crippen LogP contribution in [0.4, 0.5) is 0 Å². The van der Waals surface area contributed by atoms with Crippen molar-refractivity contribution in [2.75, 3.05) is 26.7 Å². The fourth-order valence-corrected chi connectivity index (χ4v) is 2.74. The Bertz CT molecular complexity index is 371. The third-order valence-electron chi connectivity index (χ3n) is 3.48. The molecule has 2 unspecified atom stereocenters. The minimum Gasteiger partial charge on any atom is -0.497 e. The molecule has 100 valence electrons. The first-order valence-corrected chi connectivity index (χ1v) is 6.78. The molecule has 0 saturated carbocycles. The number of ether oxygens (including phenoxy) is 1. The smallest absolute Gasteiger partial charge is 0.119 e. The molecule has 1 aromatic carbocycles. The Labute approximate surface area is 110 Å². The highest BCUT2D eigenvalue weighted by Gasteiger charge is 2.20. The van der Waals surface area contributed by atoms with E-state index in [0.717, 1.165) is 31.8 Å². The van der Waals surface area contributed by atoms with Crippen molar-refractivity contribution >= 4 is 0 Å². The molecule has 3 heteroatoms. The monoisotopic (exact) mass is 248 g/mol. The molecule has 2 rings (SSSR count).